The molecule has 106 valence electrons. The molecule has 0 aliphatic heterocycles. The van der Waals surface area contributed by atoms with Crippen LogP contribution < -0.4 is 4.90 Å². The molecule has 3 rings (SSSR count). The van der Waals surface area contributed by atoms with E-state index in [9.17, 15) is 4.79 Å². The van der Waals surface area contributed by atoms with E-state index in [1.807, 2.05) is 42.5 Å². The molecule has 0 aliphatic carbocycles. The number of hydrogen-bond acceptors (Lipinski definition) is 2. The van der Waals surface area contributed by atoms with Crippen molar-refractivity contribution in [2.24, 2.45) is 0 Å². The molecule has 3 aromatic rings. The molecule has 0 N–H and O–H groups in total. The Morgan fingerprint density at radius 3 is 2.43 bits per heavy atom. The van der Waals surface area contributed by atoms with E-state index in [1.165, 1.54) is 11.3 Å². The molecule has 0 bridgehead atoms. The summed E-state index contributed by atoms with van der Waals surface area (Å²) in [6.45, 7) is 0. The van der Waals surface area contributed by atoms with Gasteiger partial charge in [0.15, 0.2) is 0 Å². The van der Waals surface area contributed by atoms with Crippen LogP contribution in [0.25, 0.3) is 10.8 Å². The fourth-order valence-corrected chi connectivity index (χ4v) is 3.62. The van der Waals surface area contributed by atoms with E-state index in [0.29, 0.717) is 14.2 Å². The average molecular weight is 336 g/mol. The number of carbonyl (C=O) groups excluding carboxylic acids is 1. The molecule has 0 atom stereocenters. The first-order valence-corrected chi connectivity index (χ1v) is 7.85. The fourth-order valence-electron chi connectivity index (χ4n) is 2.17. The van der Waals surface area contributed by atoms with Crippen LogP contribution in [0.15, 0.2) is 48.5 Å². The summed E-state index contributed by atoms with van der Waals surface area (Å²) in [4.78, 5) is 14.1. The molecule has 1 amide bonds. The molecule has 1 aromatic heterocycles. The second-order valence-corrected chi connectivity index (χ2v) is 6.92. The minimum Gasteiger partial charge on any atom is -0.311 e. The predicted octanol–water partition coefficient (Wildman–Crippen LogP) is 5.48. The van der Waals surface area contributed by atoms with Crippen molar-refractivity contribution in [2.45, 2.75) is 0 Å². The van der Waals surface area contributed by atoms with E-state index in [0.717, 1.165) is 16.5 Å². The first-order valence-electron chi connectivity index (χ1n) is 6.28. The van der Waals surface area contributed by atoms with Gasteiger partial charge >= 0.3 is 0 Å². The number of hydrogen-bond donors (Lipinski definition) is 0. The van der Waals surface area contributed by atoms with Gasteiger partial charge in [-0.05, 0) is 29.0 Å². The third-order valence-corrected chi connectivity index (χ3v) is 4.80. The maximum Gasteiger partial charge on any atom is 0.260 e. The van der Waals surface area contributed by atoms with Crippen LogP contribution in [0, 0.1) is 0 Å². The van der Waals surface area contributed by atoms with E-state index < -0.39 is 0 Å². The lowest BCUT2D eigenvalue weighted by atomic mass is 10.1. The van der Waals surface area contributed by atoms with E-state index in [2.05, 4.69) is 0 Å². The number of benzene rings is 2. The maximum atomic E-state index is 12.5. The Morgan fingerprint density at radius 1 is 1.05 bits per heavy atom. The second-order valence-electron chi connectivity index (χ2n) is 4.63. The molecule has 0 fully saturated rings. The summed E-state index contributed by atoms with van der Waals surface area (Å²) in [6, 6.07) is 15.5. The molecule has 1 heterocycles. The Morgan fingerprint density at radius 2 is 1.76 bits per heavy atom. The van der Waals surface area contributed by atoms with Gasteiger partial charge in [-0.15, -0.1) is 11.3 Å². The van der Waals surface area contributed by atoms with Crippen molar-refractivity contribution in [3.63, 3.8) is 0 Å². The molecule has 2 aromatic carbocycles. The third kappa shape index (κ3) is 2.77. The van der Waals surface area contributed by atoms with Gasteiger partial charge in [-0.2, -0.15) is 0 Å². The van der Waals surface area contributed by atoms with E-state index in [1.54, 1.807) is 18.0 Å². The number of fused-ring (bicyclic) bond motifs is 1. The maximum absolute atomic E-state index is 12.5. The van der Waals surface area contributed by atoms with Crippen molar-refractivity contribution in [3.8, 4) is 0 Å². The van der Waals surface area contributed by atoms with Crippen LogP contribution in [0.4, 0.5) is 5.69 Å². The molecule has 2 nitrogen and oxygen atoms in total. The minimum atomic E-state index is -0.168. The number of carbonyl (C=O) groups is 1. The lowest BCUT2D eigenvalue weighted by molar-refractivity contribution is 0.0993. The number of halogens is 2. The number of rotatable bonds is 2. The van der Waals surface area contributed by atoms with Gasteiger partial charge in [0.05, 0.1) is 9.90 Å². The van der Waals surface area contributed by atoms with Crippen LogP contribution in [0.3, 0.4) is 0 Å². The van der Waals surface area contributed by atoms with E-state index >= 15 is 0 Å². The quantitative estimate of drug-likeness (QED) is 0.606. The first-order chi connectivity index (χ1) is 10.1. The van der Waals surface area contributed by atoms with Crippen molar-refractivity contribution in [3.05, 3.63) is 62.8 Å². The average Bonchev–Trinajstić information content (AvgIpc) is 2.84. The van der Waals surface area contributed by atoms with Crippen molar-refractivity contribution in [1.29, 1.82) is 0 Å². The molecular weight excluding hydrogens is 325 g/mol. The number of amides is 1. The normalized spacial score (nSPS) is 10.8. The van der Waals surface area contributed by atoms with Gasteiger partial charge in [-0.25, -0.2) is 0 Å². The monoisotopic (exact) mass is 335 g/mol. The smallest absolute Gasteiger partial charge is 0.260 e. The van der Waals surface area contributed by atoms with Gasteiger partial charge in [0, 0.05) is 12.7 Å². The zero-order chi connectivity index (χ0) is 15.0. The van der Waals surface area contributed by atoms with Crippen molar-refractivity contribution < 1.29 is 4.79 Å². The summed E-state index contributed by atoms with van der Waals surface area (Å²) in [5.41, 5.74) is 1.25. The molecule has 0 saturated heterocycles. The molecular formula is C16H11Cl2NOS. The third-order valence-electron chi connectivity index (χ3n) is 3.31. The van der Waals surface area contributed by atoms with Crippen LogP contribution in [0.2, 0.25) is 8.67 Å². The van der Waals surface area contributed by atoms with E-state index in [-0.39, 0.29) is 5.91 Å². The molecule has 21 heavy (non-hydrogen) atoms. The number of anilines is 1. The van der Waals surface area contributed by atoms with Gasteiger partial charge in [-0.1, -0.05) is 53.5 Å². The summed E-state index contributed by atoms with van der Waals surface area (Å²) < 4.78 is 0.924. The van der Waals surface area contributed by atoms with Gasteiger partial charge in [0.2, 0.25) is 0 Å². The standard InChI is InChI=1S/C16H11Cl2NOS/c1-19(16(20)13-9-14(17)21-15(13)18)12-7-6-10-4-2-3-5-11(10)8-12/h2-9H,1H3. The lowest BCUT2D eigenvalue weighted by Crippen LogP contribution is -2.25. The fraction of sp³-hybridized carbons (Fsp3) is 0.0625. The summed E-state index contributed by atoms with van der Waals surface area (Å²) >= 11 is 13.2. The number of nitrogens with zero attached hydrogens (tertiary/aromatic N) is 1. The number of thiophene rings is 1. The summed E-state index contributed by atoms with van der Waals surface area (Å²) in [5.74, 6) is -0.168. The SMILES string of the molecule is CN(C(=O)c1cc(Cl)sc1Cl)c1ccc2ccccc2c1. The summed E-state index contributed by atoms with van der Waals surface area (Å²) in [7, 11) is 1.73. The largest absolute Gasteiger partial charge is 0.311 e. The Bertz CT molecular complexity index is 828. The Kier molecular flexibility index (Phi) is 3.89. The first kappa shape index (κ1) is 14.4. The molecule has 0 radical (unpaired) electrons. The highest BCUT2D eigenvalue weighted by Crippen LogP contribution is 2.33. The highest BCUT2D eigenvalue weighted by atomic mass is 35.5. The second kappa shape index (κ2) is 5.68. The zero-order valence-electron chi connectivity index (χ0n) is 11.1. The molecule has 0 saturated carbocycles. The topological polar surface area (TPSA) is 20.3 Å². The molecule has 0 unspecified atom stereocenters. The van der Waals surface area contributed by atoms with Crippen molar-refractivity contribution in [1.82, 2.24) is 0 Å². The highest BCUT2D eigenvalue weighted by Gasteiger charge is 2.19. The molecule has 0 spiro atoms. The van der Waals surface area contributed by atoms with Crippen LogP contribution >= 0.6 is 34.5 Å². The summed E-state index contributed by atoms with van der Waals surface area (Å²) in [6.07, 6.45) is 0. The molecule has 5 heteroatoms. The lowest BCUT2D eigenvalue weighted by Gasteiger charge is -2.17. The Hall–Kier alpha value is -1.55. The van der Waals surface area contributed by atoms with Gasteiger partial charge in [-0.3, -0.25) is 4.79 Å². The van der Waals surface area contributed by atoms with Crippen LogP contribution in [-0.4, -0.2) is 13.0 Å². The van der Waals surface area contributed by atoms with Crippen molar-refractivity contribution in [2.75, 3.05) is 11.9 Å². The van der Waals surface area contributed by atoms with E-state index in [4.69, 9.17) is 23.2 Å². The van der Waals surface area contributed by atoms with Crippen molar-refractivity contribution >= 4 is 56.9 Å². The Labute approximate surface area is 136 Å². The van der Waals surface area contributed by atoms with Crippen LogP contribution in [0.5, 0.6) is 0 Å². The Balaban J connectivity index is 1.97. The predicted molar refractivity (Wildman–Crippen MR) is 91.0 cm³/mol. The summed E-state index contributed by atoms with van der Waals surface area (Å²) in [5, 5.41) is 2.22. The van der Waals surface area contributed by atoms with Crippen LogP contribution in [-0.2, 0) is 0 Å². The van der Waals surface area contributed by atoms with Gasteiger partial charge < -0.3 is 4.90 Å². The zero-order valence-corrected chi connectivity index (χ0v) is 13.5. The van der Waals surface area contributed by atoms with Crippen LogP contribution in [0.1, 0.15) is 10.4 Å². The molecule has 0 aliphatic rings. The van der Waals surface area contributed by atoms with Gasteiger partial charge in [0.25, 0.3) is 5.91 Å². The van der Waals surface area contributed by atoms with Gasteiger partial charge in [0.1, 0.15) is 4.34 Å². The minimum absolute atomic E-state index is 0.168. The highest BCUT2D eigenvalue weighted by molar-refractivity contribution is 7.20.